The molecule has 0 N–H and O–H groups in total. The number of aromatic nitrogens is 2. The summed E-state index contributed by atoms with van der Waals surface area (Å²) >= 11 is 5.85. The molecule has 1 saturated heterocycles. The second-order valence-electron chi connectivity index (χ2n) is 4.18. The molecule has 2 rings (SSSR count). The van der Waals surface area contributed by atoms with Crippen molar-refractivity contribution in [3.05, 3.63) is 22.7 Å². The molecule has 1 aliphatic rings. The van der Waals surface area contributed by atoms with Gasteiger partial charge in [0.15, 0.2) is 9.84 Å². The summed E-state index contributed by atoms with van der Waals surface area (Å²) in [7, 11) is -2.83. The Kier molecular flexibility index (Phi) is 3.65. The van der Waals surface area contributed by atoms with Crippen LogP contribution in [0, 0.1) is 6.92 Å². The van der Waals surface area contributed by atoms with Crippen molar-refractivity contribution in [1.29, 1.82) is 0 Å². The number of hydrogen-bond donors (Lipinski definition) is 0. The molecular weight excluding hydrogens is 262 g/mol. The SMILES string of the molecule is Cc1cc(Cl)nc(CN2CCS(=O)(=O)CC2)n1. The van der Waals surface area contributed by atoms with E-state index in [1.165, 1.54) is 0 Å². The lowest BCUT2D eigenvalue weighted by molar-refractivity contribution is 0.280. The third kappa shape index (κ3) is 3.62. The first-order valence-electron chi connectivity index (χ1n) is 5.37. The van der Waals surface area contributed by atoms with Gasteiger partial charge in [0, 0.05) is 18.8 Å². The van der Waals surface area contributed by atoms with E-state index in [1.807, 2.05) is 11.8 Å². The van der Waals surface area contributed by atoms with Gasteiger partial charge in [-0.25, -0.2) is 18.4 Å². The first kappa shape index (κ1) is 12.7. The van der Waals surface area contributed by atoms with Crippen molar-refractivity contribution in [2.24, 2.45) is 0 Å². The molecule has 94 valence electrons. The summed E-state index contributed by atoms with van der Waals surface area (Å²) in [5, 5.41) is 0.428. The second kappa shape index (κ2) is 4.88. The zero-order valence-electron chi connectivity index (χ0n) is 9.56. The summed E-state index contributed by atoms with van der Waals surface area (Å²) in [5.41, 5.74) is 0.824. The van der Waals surface area contributed by atoms with Gasteiger partial charge >= 0.3 is 0 Å². The van der Waals surface area contributed by atoms with Crippen LogP contribution in [0.2, 0.25) is 5.15 Å². The highest BCUT2D eigenvalue weighted by atomic mass is 35.5. The molecule has 0 aromatic carbocycles. The van der Waals surface area contributed by atoms with E-state index in [4.69, 9.17) is 11.6 Å². The van der Waals surface area contributed by atoms with Crippen LogP contribution in [0.3, 0.4) is 0 Å². The minimum Gasteiger partial charge on any atom is -0.294 e. The van der Waals surface area contributed by atoms with Crippen molar-refractivity contribution in [1.82, 2.24) is 14.9 Å². The first-order chi connectivity index (χ1) is 7.94. The molecule has 17 heavy (non-hydrogen) atoms. The van der Waals surface area contributed by atoms with Gasteiger partial charge in [-0.2, -0.15) is 0 Å². The number of rotatable bonds is 2. The number of aryl methyl sites for hydroxylation is 1. The van der Waals surface area contributed by atoms with Gasteiger partial charge in [-0.15, -0.1) is 0 Å². The molecular formula is C10H14ClN3O2S. The lowest BCUT2D eigenvalue weighted by Gasteiger charge is -2.25. The quantitative estimate of drug-likeness (QED) is 0.743. The van der Waals surface area contributed by atoms with E-state index in [1.54, 1.807) is 6.07 Å². The molecule has 0 saturated carbocycles. The lowest BCUT2D eigenvalue weighted by Crippen LogP contribution is -2.40. The van der Waals surface area contributed by atoms with Crippen LogP contribution in [0.4, 0.5) is 0 Å². The number of sulfone groups is 1. The standard InChI is InChI=1S/C10H14ClN3O2S/c1-8-6-9(11)13-10(12-8)7-14-2-4-17(15,16)5-3-14/h6H,2-5,7H2,1H3. The van der Waals surface area contributed by atoms with Gasteiger partial charge < -0.3 is 0 Å². The third-order valence-electron chi connectivity index (χ3n) is 2.67. The summed E-state index contributed by atoms with van der Waals surface area (Å²) in [5.74, 6) is 1.08. The van der Waals surface area contributed by atoms with Crippen molar-refractivity contribution in [3.8, 4) is 0 Å². The van der Waals surface area contributed by atoms with Gasteiger partial charge in [-0.1, -0.05) is 11.6 Å². The van der Waals surface area contributed by atoms with Gasteiger partial charge in [0.05, 0.1) is 18.1 Å². The smallest absolute Gasteiger partial charge is 0.152 e. The Morgan fingerprint density at radius 3 is 2.59 bits per heavy atom. The Morgan fingerprint density at radius 1 is 1.35 bits per heavy atom. The lowest BCUT2D eigenvalue weighted by atomic mass is 10.4. The second-order valence-corrected chi connectivity index (χ2v) is 6.87. The fraction of sp³-hybridized carbons (Fsp3) is 0.600. The minimum atomic E-state index is -2.83. The van der Waals surface area contributed by atoms with E-state index < -0.39 is 9.84 Å². The van der Waals surface area contributed by atoms with E-state index >= 15 is 0 Å². The molecule has 5 nitrogen and oxygen atoms in total. The zero-order chi connectivity index (χ0) is 12.5. The molecule has 1 aromatic rings. The van der Waals surface area contributed by atoms with E-state index in [-0.39, 0.29) is 11.5 Å². The van der Waals surface area contributed by atoms with Gasteiger partial charge in [-0.05, 0) is 13.0 Å². The van der Waals surface area contributed by atoms with Crippen molar-refractivity contribution >= 4 is 21.4 Å². The molecule has 7 heteroatoms. The maximum absolute atomic E-state index is 11.3. The van der Waals surface area contributed by atoms with Gasteiger partial charge in [-0.3, -0.25) is 4.90 Å². The fourth-order valence-electron chi connectivity index (χ4n) is 1.77. The average Bonchev–Trinajstić information content (AvgIpc) is 2.20. The Bertz CT molecular complexity index is 484. The summed E-state index contributed by atoms with van der Waals surface area (Å²) < 4.78 is 22.6. The number of hydrogen-bond acceptors (Lipinski definition) is 5. The molecule has 0 atom stereocenters. The normalized spacial score (nSPS) is 20.4. The first-order valence-corrected chi connectivity index (χ1v) is 7.57. The maximum atomic E-state index is 11.3. The molecule has 0 amide bonds. The molecule has 1 aliphatic heterocycles. The van der Waals surface area contributed by atoms with Gasteiger partial charge in [0.1, 0.15) is 11.0 Å². The molecule has 0 unspecified atom stereocenters. The fourth-order valence-corrected chi connectivity index (χ4v) is 3.30. The third-order valence-corrected chi connectivity index (χ3v) is 4.47. The van der Waals surface area contributed by atoms with Crippen LogP contribution in [-0.4, -0.2) is 47.9 Å². The number of nitrogens with zero attached hydrogens (tertiary/aromatic N) is 3. The Balaban J connectivity index is 2.02. The van der Waals surface area contributed by atoms with Crippen molar-refractivity contribution in [3.63, 3.8) is 0 Å². The highest BCUT2D eigenvalue weighted by Gasteiger charge is 2.22. The van der Waals surface area contributed by atoms with E-state index in [0.29, 0.717) is 30.6 Å². The zero-order valence-corrected chi connectivity index (χ0v) is 11.1. The van der Waals surface area contributed by atoms with Crippen LogP contribution >= 0.6 is 11.6 Å². The summed E-state index contributed by atoms with van der Waals surface area (Å²) in [6.45, 7) is 3.49. The van der Waals surface area contributed by atoms with Gasteiger partial charge in [0.25, 0.3) is 0 Å². The Hall–Kier alpha value is -0.720. The summed E-state index contributed by atoms with van der Waals surface area (Å²) in [4.78, 5) is 10.4. The highest BCUT2D eigenvalue weighted by molar-refractivity contribution is 7.91. The Labute approximate surface area is 106 Å². The summed E-state index contributed by atoms with van der Waals surface area (Å²) in [6, 6.07) is 1.70. The van der Waals surface area contributed by atoms with Crippen molar-refractivity contribution in [2.45, 2.75) is 13.5 Å². The van der Waals surface area contributed by atoms with E-state index in [2.05, 4.69) is 9.97 Å². The van der Waals surface area contributed by atoms with E-state index in [9.17, 15) is 8.42 Å². The molecule has 2 heterocycles. The predicted molar refractivity (Wildman–Crippen MR) is 65.7 cm³/mol. The van der Waals surface area contributed by atoms with Gasteiger partial charge in [0.2, 0.25) is 0 Å². The minimum absolute atomic E-state index is 0.215. The molecule has 1 fully saturated rings. The maximum Gasteiger partial charge on any atom is 0.152 e. The highest BCUT2D eigenvalue weighted by Crippen LogP contribution is 2.10. The van der Waals surface area contributed by atoms with Crippen LogP contribution in [0.1, 0.15) is 11.5 Å². The van der Waals surface area contributed by atoms with Crippen LogP contribution in [0.15, 0.2) is 6.07 Å². The molecule has 0 aliphatic carbocycles. The topological polar surface area (TPSA) is 63.2 Å². The van der Waals surface area contributed by atoms with Crippen LogP contribution in [-0.2, 0) is 16.4 Å². The largest absolute Gasteiger partial charge is 0.294 e. The average molecular weight is 276 g/mol. The van der Waals surface area contributed by atoms with Crippen molar-refractivity contribution in [2.75, 3.05) is 24.6 Å². The van der Waals surface area contributed by atoms with Crippen molar-refractivity contribution < 1.29 is 8.42 Å². The monoisotopic (exact) mass is 275 g/mol. The number of halogens is 1. The van der Waals surface area contributed by atoms with E-state index in [0.717, 1.165) is 5.69 Å². The predicted octanol–water partition coefficient (Wildman–Crippen LogP) is 0.669. The van der Waals surface area contributed by atoms with Crippen LogP contribution in [0.5, 0.6) is 0 Å². The molecule has 0 spiro atoms. The molecule has 0 bridgehead atoms. The molecule has 1 aromatic heterocycles. The van der Waals surface area contributed by atoms with Crippen LogP contribution < -0.4 is 0 Å². The molecule has 0 radical (unpaired) electrons. The summed E-state index contributed by atoms with van der Waals surface area (Å²) in [6.07, 6.45) is 0. The van der Waals surface area contributed by atoms with Crippen LogP contribution in [0.25, 0.3) is 0 Å². The Morgan fingerprint density at radius 2 is 2.00 bits per heavy atom.